The molecule has 0 aliphatic carbocycles. The lowest BCUT2D eigenvalue weighted by molar-refractivity contribution is -0.117. The van der Waals surface area contributed by atoms with E-state index in [0.29, 0.717) is 10.1 Å². The van der Waals surface area contributed by atoms with E-state index in [9.17, 15) is 9.59 Å². The van der Waals surface area contributed by atoms with Gasteiger partial charge in [-0.1, -0.05) is 34.9 Å². The van der Waals surface area contributed by atoms with Crippen LogP contribution in [-0.2, 0) is 11.3 Å². The predicted octanol–water partition coefficient (Wildman–Crippen LogP) is 1.97. The minimum absolute atomic E-state index is 0.108. The second-order valence-electron chi connectivity index (χ2n) is 3.64. The lowest BCUT2D eigenvalue weighted by atomic mass is 10.4. The summed E-state index contributed by atoms with van der Waals surface area (Å²) in [6, 6.07) is 2.90. The molecule has 0 aliphatic heterocycles. The number of hydrogen-bond donors (Lipinski definition) is 2. The average Bonchev–Trinajstić information content (AvgIpc) is 3.14. The van der Waals surface area contributed by atoms with Crippen molar-refractivity contribution in [3.8, 4) is 0 Å². The highest BCUT2D eigenvalue weighted by Crippen LogP contribution is 2.26. The number of nitrogens with one attached hydrogen (secondary N) is 2. The summed E-state index contributed by atoms with van der Waals surface area (Å²) >= 11 is 4.15. The van der Waals surface area contributed by atoms with E-state index in [-0.39, 0.29) is 12.3 Å². The zero-order valence-electron chi connectivity index (χ0n) is 11.0. The first-order valence-corrected chi connectivity index (χ1v) is 8.80. The maximum Gasteiger partial charge on any atom is 0.321 e. The fourth-order valence-electron chi connectivity index (χ4n) is 1.25. The van der Waals surface area contributed by atoms with Crippen LogP contribution in [0.15, 0.2) is 31.5 Å². The first-order chi connectivity index (χ1) is 10.2. The molecule has 0 aliphatic rings. The Morgan fingerprint density at radius 1 is 1.38 bits per heavy atom. The van der Waals surface area contributed by atoms with Crippen molar-refractivity contribution in [1.29, 1.82) is 0 Å². The number of carbonyl (C=O) groups excluding carboxylic acids is 2. The number of urea groups is 1. The van der Waals surface area contributed by atoms with E-state index in [1.807, 2.05) is 6.26 Å². The third-order valence-corrected chi connectivity index (χ3v) is 5.18. The number of furan rings is 1. The number of imide groups is 1. The molecule has 0 saturated heterocycles. The number of thioether (sulfide) groups is 2. The molecule has 2 aromatic rings. The van der Waals surface area contributed by atoms with Gasteiger partial charge in [0.2, 0.25) is 5.91 Å². The van der Waals surface area contributed by atoms with Gasteiger partial charge in [0.1, 0.15) is 5.76 Å². The lowest BCUT2D eigenvalue weighted by Crippen LogP contribution is -2.39. The number of hydrogen-bond acceptors (Lipinski definition) is 8. The molecule has 3 amide bonds. The minimum Gasteiger partial charge on any atom is -0.467 e. The van der Waals surface area contributed by atoms with Gasteiger partial charge in [-0.15, -0.1) is 10.2 Å². The van der Waals surface area contributed by atoms with Crippen LogP contribution in [-0.4, -0.2) is 34.1 Å². The molecular formula is C11H12N4O3S3. The van der Waals surface area contributed by atoms with Crippen molar-refractivity contribution in [3.05, 3.63) is 24.2 Å². The topological polar surface area (TPSA) is 97.1 Å². The van der Waals surface area contributed by atoms with E-state index in [1.165, 1.54) is 41.1 Å². The molecule has 2 heterocycles. The first kappa shape index (κ1) is 15.9. The molecular weight excluding hydrogens is 332 g/mol. The van der Waals surface area contributed by atoms with Gasteiger partial charge in [-0.05, 0) is 18.4 Å². The number of rotatable bonds is 6. The smallest absolute Gasteiger partial charge is 0.321 e. The Labute approximate surface area is 133 Å². The molecule has 0 aromatic carbocycles. The molecule has 2 N–H and O–H groups in total. The highest BCUT2D eigenvalue weighted by Gasteiger charge is 2.10. The summed E-state index contributed by atoms with van der Waals surface area (Å²) in [4.78, 5) is 23.1. The fourth-order valence-corrected chi connectivity index (χ4v) is 3.49. The Bertz CT molecular complexity index is 600. The molecule has 0 saturated carbocycles. The van der Waals surface area contributed by atoms with Crippen LogP contribution in [0.4, 0.5) is 4.79 Å². The summed E-state index contributed by atoms with van der Waals surface area (Å²) in [5.74, 6) is 0.334. The summed E-state index contributed by atoms with van der Waals surface area (Å²) < 4.78 is 6.60. The second-order valence-corrected chi connectivity index (χ2v) is 6.89. The van der Waals surface area contributed by atoms with E-state index in [2.05, 4.69) is 20.8 Å². The normalized spacial score (nSPS) is 10.3. The summed E-state index contributed by atoms with van der Waals surface area (Å²) in [5.41, 5.74) is 0. The average molecular weight is 344 g/mol. The molecule has 0 radical (unpaired) electrons. The number of amides is 3. The van der Waals surface area contributed by atoms with Gasteiger partial charge in [0.25, 0.3) is 0 Å². The van der Waals surface area contributed by atoms with Crippen LogP contribution < -0.4 is 10.6 Å². The highest BCUT2D eigenvalue weighted by atomic mass is 32.2. The largest absolute Gasteiger partial charge is 0.467 e. The maximum atomic E-state index is 11.6. The highest BCUT2D eigenvalue weighted by molar-refractivity contribution is 8.03. The van der Waals surface area contributed by atoms with Crippen molar-refractivity contribution >= 4 is 46.8 Å². The van der Waals surface area contributed by atoms with Crippen molar-refractivity contribution in [1.82, 2.24) is 20.8 Å². The summed E-state index contributed by atoms with van der Waals surface area (Å²) in [7, 11) is 0. The molecule has 112 valence electrons. The van der Waals surface area contributed by atoms with Crippen LogP contribution in [0.3, 0.4) is 0 Å². The molecule has 7 nitrogen and oxygen atoms in total. The second kappa shape index (κ2) is 8.05. The quantitative estimate of drug-likeness (QED) is 0.773. The van der Waals surface area contributed by atoms with Crippen LogP contribution >= 0.6 is 34.9 Å². The van der Waals surface area contributed by atoms with Crippen molar-refractivity contribution in [2.24, 2.45) is 0 Å². The molecule has 10 heteroatoms. The Balaban J connectivity index is 1.67. The Hall–Kier alpha value is -1.52. The standard InChI is InChI=1S/C11H12N4O3S3/c1-19-10-14-15-11(21-10)20-6-8(16)13-9(17)12-5-7-3-2-4-18-7/h2-4H,5-6H2,1H3,(H2,12,13,16,17). The van der Waals surface area contributed by atoms with Gasteiger partial charge >= 0.3 is 6.03 Å². The molecule has 0 fully saturated rings. The van der Waals surface area contributed by atoms with Crippen LogP contribution in [0.2, 0.25) is 0 Å². The van der Waals surface area contributed by atoms with Gasteiger partial charge in [-0.3, -0.25) is 10.1 Å². The van der Waals surface area contributed by atoms with Gasteiger partial charge in [0, 0.05) is 0 Å². The number of aromatic nitrogens is 2. The van der Waals surface area contributed by atoms with Gasteiger partial charge in [-0.25, -0.2) is 4.79 Å². The zero-order valence-corrected chi connectivity index (χ0v) is 13.4. The van der Waals surface area contributed by atoms with Crippen LogP contribution in [0.5, 0.6) is 0 Å². The van der Waals surface area contributed by atoms with Crippen LogP contribution in [0.1, 0.15) is 5.76 Å². The Morgan fingerprint density at radius 2 is 2.19 bits per heavy atom. The Kier molecular flexibility index (Phi) is 6.08. The van der Waals surface area contributed by atoms with Gasteiger partial charge < -0.3 is 9.73 Å². The monoisotopic (exact) mass is 344 g/mol. The van der Waals surface area contributed by atoms with E-state index in [0.717, 1.165) is 4.34 Å². The third kappa shape index (κ3) is 5.40. The van der Waals surface area contributed by atoms with Crippen LogP contribution in [0.25, 0.3) is 0 Å². The number of nitrogens with zero attached hydrogens (tertiary/aromatic N) is 2. The van der Waals surface area contributed by atoms with E-state index in [4.69, 9.17) is 4.42 Å². The lowest BCUT2D eigenvalue weighted by Gasteiger charge is -2.04. The third-order valence-electron chi connectivity index (χ3n) is 2.15. The molecule has 2 aromatic heterocycles. The van der Waals surface area contributed by atoms with Gasteiger partial charge in [-0.2, -0.15) is 0 Å². The van der Waals surface area contributed by atoms with E-state index < -0.39 is 11.9 Å². The fraction of sp³-hybridized carbons (Fsp3) is 0.273. The molecule has 2 rings (SSSR count). The summed E-state index contributed by atoms with van der Waals surface area (Å²) in [5, 5.41) is 12.6. The first-order valence-electron chi connectivity index (χ1n) is 5.77. The van der Waals surface area contributed by atoms with Crippen molar-refractivity contribution in [2.75, 3.05) is 12.0 Å². The van der Waals surface area contributed by atoms with E-state index in [1.54, 1.807) is 12.1 Å². The minimum atomic E-state index is -0.556. The SMILES string of the molecule is CSc1nnc(SCC(=O)NC(=O)NCc2ccco2)s1. The van der Waals surface area contributed by atoms with E-state index >= 15 is 0 Å². The molecule has 0 bridgehead atoms. The zero-order chi connectivity index (χ0) is 15.1. The van der Waals surface area contributed by atoms with Crippen LogP contribution in [0, 0.1) is 0 Å². The van der Waals surface area contributed by atoms with Crippen molar-refractivity contribution < 1.29 is 14.0 Å². The number of carbonyl (C=O) groups is 2. The van der Waals surface area contributed by atoms with Gasteiger partial charge in [0.15, 0.2) is 8.68 Å². The molecule has 21 heavy (non-hydrogen) atoms. The Morgan fingerprint density at radius 3 is 2.86 bits per heavy atom. The maximum absolute atomic E-state index is 11.6. The predicted molar refractivity (Wildman–Crippen MR) is 81.5 cm³/mol. The summed E-state index contributed by atoms with van der Waals surface area (Å²) in [6.45, 7) is 0.229. The summed E-state index contributed by atoms with van der Waals surface area (Å²) in [6.07, 6.45) is 3.42. The van der Waals surface area contributed by atoms with Gasteiger partial charge in [0.05, 0.1) is 18.6 Å². The molecule has 0 spiro atoms. The van der Waals surface area contributed by atoms with Crippen molar-refractivity contribution in [2.45, 2.75) is 15.2 Å². The molecule has 0 atom stereocenters. The van der Waals surface area contributed by atoms with Crippen molar-refractivity contribution in [3.63, 3.8) is 0 Å². The molecule has 0 unspecified atom stereocenters.